The number of quaternary nitrogens is 1. The molecule has 1 aliphatic rings. The van der Waals surface area contributed by atoms with E-state index in [9.17, 15) is 4.79 Å². The lowest BCUT2D eigenvalue weighted by Gasteiger charge is -2.30. The number of likely N-dealkylation sites (tertiary alicyclic amines) is 1. The van der Waals surface area contributed by atoms with E-state index in [1.54, 1.807) is 6.92 Å². The van der Waals surface area contributed by atoms with Gasteiger partial charge in [-0.05, 0) is 26.7 Å². The summed E-state index contributed by atoms with van der Waals surface area (Å²) in [6, 6.07) is 0.940. The van der Waals surface area contributed by atoms with Gasteiger partial charge in [-0.25, -0.2) is 0 Å². The van der Waals surface area contributed by atoms with Crippen molar-refractivity contribution in [2.24, 2.45) is 0 Å². The first-order valence-electron chi connectivity index (χ1n) is 5.76. The highest BCUT2D eigenvalue weighted by molar-refractivity contribution is 6.12. The minimum Gasteiger partial charge on any atom is -0.323 e. The first-order valence-corrected chi connectivity index (χ1v) is 5.76. The van der Waals surface area contributed by atoms with Gasteiger partial charge in [0, 0.05) is 13.3 Å². The number of rotatable bonds is 4. The average molecular weight is 209 g/mol. The van der Waals surface area contributed by atoms with Crippen LogP contribution in [0.25, 0.3) is 0 Å². The molecule has 4 heteroatoms. The van der Waals surface area contributed by atoms with Gasteiger partial charge in [-0.2, -0.15) is 0 Å². The summed E-state index contributed by atoms with van der Waals surface area (Å²) in [5.74, 6) is 0.452. The Bertz CT molecular complexity index is 235. The minimum absolute atomic E-state index is 0.103. The molecule has 2 N–H and O–H groups in total. The van der Waals surface area contributed by atoms with Gasteiger partial charge in [-0.1, -0.05) is 0 Å². The molecule has 1 rings (SSSR count). The maximum absolute atomic E-state index is 11.5. The Balaban J connectivity index is 2.70. The summed E-state index contributed by atoms with van der Waals surface area (Å²) in [6.45, 7) is 6.93. The van der Waals surface area contributed by atoms with Crippen molar-refractivity contribution in [2.75, 3.05) is 13.6 Å². The van der Waals surface area contributed by atoms with Crippen LogP contribution in [0.4, 0.5) is 0 Å². The van der Waals surface area contributed by atoms with E-state index in [-0.39, 0.29) is 17.6 Å². The lowest BCUT2D eigenvalue weighted by atomic mass is 9.85. The van der Waals surface area contributed by atoms with Crippen molar-refractivity contribution in [3.05, 3.63) is 0 Å². The molecule has 2 radical (unpaired) electrons. The fourth-order valence-corrected chi connectivity index (χ4v) is 2.48. The van der Waals surface area contributed by atoms with Crippen molar-refractivity contribution < 1.29 is 9.69 Å². The second kappa shape index (κ2) is 5.13. The fraction of sp³-hybridized carbons (Fsp3) is 0.909. The number of Topliss-reactive ketones (excluding diaryl/α,β-unsaturated/α-hetero) is 1. The van der Waals surface area contributed by atoms with Crippen molar-refractivity contribution in [1.82, 2.24) is 5.32 Å². The molecule has 1 fully saturated rings. The number of hydrogen-bond acceptors (Lipinski definition) is 2. The molecule has 3 unspecified atom stereocenters. The molecule has 0 aromatic heterocycles. The number of likely N-dealkylation sites (N-methyl/N-ethyl adjacent to an activating group) is 1. The molecule has 0 saturated carbocycles. The molecular formula is C11H22BN2O+. The number of hydrogen-bond donors (Lipinski definition) is 2. The molecule has 0 aromatic rings. The first-order chi connectivity index (χ1) is 6.97. The van der Waals surface area contributed by atoms with Crippen LogP contribution in [0.2, 0.25) is 5.82 Å². The Morgan fingerprint density at radius 2 is 2.13 bits per heavy atom. The summed E-state index contributed by atoms with van der Waals surface area (Å²) in [7, 11) is 7.90. The molecule has 0 aliphatic carbocycles. The fourth-order valence-electron chi connectivity index (χ4n) is 2.48. The van der Waals surface area contributed by atoms with E-state index in [1.807, 2.05) is 7.05 Å². The summed E-state index contributed by atoms with van der Waals surface area (Å²) < 4.78 is 0. The normalized spacial score (nSPS) is 35.1. The Morgan fingerprint density at radius 3 is 2.60 bits per heavy atom. The van der Waals surface area contributed by atoms with Crippen molar-refractivity contribution in [1.29, 1.82) is 0 Å². The second-order valence-electron chi connectivity index (χ2n) is 4.80. The van der Waals surface area contributed by atoms with Gasteiger partial charge in [-0.15, -0.1) is 0 Å². The van der Waals surface area contributed by atoms with Crippen molar-refractivity contribution in [3.63, 3.8) is 0 Å². The van der Waals surface area contributed by atoms with Gasteiger partial charge < -0.3 is 10.2 Å². The Hall–Kier alpha value is -0.345. The lowest BCUT2D eigenvalue weighted by molar-refractivity contribution is -0.927. The molecule has 5 atom stereocenters. The van der Waals surface area contributed by atoms with E-state index in [4.69, 9.17) is 7.85 Å². The van der Waals surface area contributed by atoms with E-state index in [2.05, 4.69) is 19.2 Å². The number of carbonyl (C=O) groups is 1. The maximum Gasteiger partial charge on any atom is 0.186 e. The quantitative estimate of drug-likeness (QED) is 0.593. The van der Waals surface area contributed by atoms with Gasteiger partial charge in [0.25, 0.3) is 0 Å². The third-order valence-electron chi connectivity index (χ3n) is 3.76. The van der Waals surface area contributed by atoms with Crippen LogP contribution in [0.3, 0.4) is 0 Å². The first kappa shape index (κ1) is 12.7. The van der Waals surface area contributed by atoms with Crippen molar-refractivity contribution >= 4 is 13.6 Å². The standard InChI is InChI=1S/C11H21BN2O/c1-7(13-4)8(2)14-6-10(12)5-11(14)9(3)15/h7-8,10-11,13H,5-6H2,1-4H3/p+1/t7?,8?,10-,11-/m1/s1. The van der Waals surface area contributed by atoms with Crippen LogP contribution in [0.15, 0.2) is 0 Å². The highest BCUT2D eigenvalue weighted by atomic mass is 16.1. The number of carbonyl (C=O) groups excluding carboxylic acids is 1. The van der Waals surface area contributed by atoms with Gasteiger partial charge in [0.2, 0.25) is 0 Å². The van der Waals surface area contributed by atoms with E-state index >= 15 is 0 Å². The third kappa shape index (κ3) is 2.82. The Kier molecular flexibility index (Phi) is 4.35. The predicted octanol–water partition coefficient (Wildman–Crippen LogP) is -0.814. The van der Waals surface area contributed by atoms with E-state index in [0.29, 0.717) is 12.1 Å². The Morgan fingerprint density at radius 1 is 1.53 bits per heavy atom. The monoisotopic (exact) mass is 209 g/mol. The van der Waals surface area contributed by atoms with Crippen molar-refractivity contribution in [3.8, 4) is 0 Å². The zero-order valence-corrected chi connectivity index (χ0v) is 10.2. The summed E-state index contributed by atoms with van der Waals surface area (Å²) >= 11 is 0. The van der Waals surface area contributed by atoms with Crippen LogP contribution in [-0.4, -0.2) is 45.3 Å². The Labute approximate surface area is 94.0 Å². The van der Waals surface area contributed by atoms with Crippen LogP contribution in [-0.2, 0) is 4.79 Å². The average Bonchev–Trinajstić information content (AvgIpc) is 2.58. The highest BCUT2D eigenvalue weighted by Gasteiger charge is 2.40. The van der Waals surface area contributed by atoms with Gasteiger partial charge in [0.1, 0.15) is 12.1 Å². The maximum atomic E-state index is 11.5. The topological polar surface area (TPSA) is 33.5 Å². The van der Waals surface area contributed by atoms with E-state index in [0.717, 1.165) is 13.0 Å². The van der Waals surface area contributed by atoms with E-state index < -0.39 is 0 Å². The lowest BCUT2D eigenvalue weighted by Crippen LogP contribution is -3.19. The number of ketones is 1. The summed E-state index contributed by atoms with van der Waals surface area (Å²) in [5, 5.41) is 3.24. The summed E-state index contributed by atoms with van der Waals surface area (Å²) in [4.78, 5) is 12.9. The van der Waals surface area contributed by atoms with Crippen LogP contribution >= 0.6 is 0 Å². The molecule has 15 heavy (non-hydrogen) atoms. The van der Waals surface area contributed by atoms with Crippen LogP contribution in [0.1, 0.15) is 27.2 Å². The minimum atomic E-state index is 0.103. The zero-order chi connectivity index (χ0) is 11.6. The van der Waals surface area contributed by atoms with Crippen molar-refractivity contribution in [2.45, 2.75) is 51.1 Å². The molecule has 1 saturated heterocycles. The third-order valence-corrected chi connectivity index (χ3v) is 3.76. The number of nitrogens with one attached hydrogen (secondary N) is 2. The molecule has 0 aromatic carbocycles. The molecule has 0 amide bonds. The molecule has 1 heterocycles. The molecule has 84 valence electrons. The van der Waals surface area contributed by atoms with Crippen LogP contribution in [0.5, 0.6) is 0 Å². The van der Waals surface area contributed by atoms with Gasteiger partial charge in [-0.3, -0.25) is 4.79 Å². The predicted molar refractivity (Wildman–Crippen MR) is 62.4 cm³/mol. The summed E-state index contributed by atoms with van der Waals surface area (Å²) in [6.07, 6.45) is 0.839. The highest BCUT2D eigenvalue weighted by Crippen LogP contribution is 2.13. The molecule has 0 spiro atoms. The summed E-state index contributed by atoms with van der Waals surface area (Å²) in [5.41, 5.74) is 0. The largest absolute Gasteiger partial charge is 0.323 e. The van der Waals surface area contributed by atoms with Crippen LogP contribution in [0, 0.1) is 0 Å². The zero-order valence-electron chi connectivity index (χ0n) is 10.2. The second-order valence-corrected chi connectivity index (χ2v) is 4.80. The molecule has 1 aliphatic heterocycles. The smallest absolute Gasteiger partial charge is 0.186 e. The van der Waals surface area contributed by atoms with Crippen LogP contribution < -0.4 is 10.2 Å². The van der Waals surface area contributed by atoms with Gasteiger partial charge in [0.15, 0.2) is 5.78 Å². The van der Waals surface area contributed by atoms with E-state index in [1.165, 1.54) is 4.90 Å². The van der Waals surface area contributed by atoms with Gasteiger partial charge >= 0.3 is 0 Å². The molecule has 0 bridgehead atoms. The SMILES string of the molecule is [B][C@@H]1C[C@H](C(C)=O)[NH+](C(C)C(C)NC)C1. The molecule has 3 nitrogen and oxygen atoms in total. The van der Waals surface area contributed by atoms with Gasteiger partial charge in [0.05, 0.1) is 20.4 Å². The molecular weight excluding hydrogens is 187 g/mol.